The molecule has 85 heavy (non-hydrogen) atoms. The normalized spacial score (nSPS) is 13.4. The monoisotopic (exact) mass is 1200 g/mol. The Balaban J connectivity index is 0.000000604. The molecule has 25 heteroatoms. The molecule has 1 unspecified atom stereocenters. The van der Waals surface area contributed by atoms with Crippen molar-refractivity contribution in [3.63, 3.8) is 0 Å². The molecular weight excluding hydrogens is 1110 g/mol. The zero-order valence-electron chi connectivity index (χ0n) is 50.4. The Morgan fingerprint density at radius 3 is 1.42 bits per heavy atom. The predicted molar refractivity (Wildman–Crippen MR) is 317 cm³/mol. The number of benzene rings is 3. The Kier molecular flexibility index (Phi) is 36.3. The number of aliphatic hydroxyl groups excluding tert-OH is 4. The third kappa shape index (κ3) is 28.9. The van der Waals surface area contributed by atoms with E-state index in [1.54, 1.807) is 75.9 Å². The molecule has 0 radical (unpaired) electrons. The van der Waals surface area contributed by atoms with Gasteiger partial charge in [-0.3, -0.25) is 38.4 Å². The number of nitrogen functional groups attached to an aromatic ring is 1. The fourth-order valence-corrected chi connectivity index (χ4v) is 7.80. The summed E-state index contributed by atoms with van der Waals surface area (Å²) in [7, 11) is 2.61. The summed E-state index contributed by atoms with van der Waals surface area (Å²) < 4.78 is 19.7. The SMILES string of the molecule is CCOC(=O)N1c2ccccc2C=CC1OCC.COC(=O)CCCCC(=O)N[C@H](C(=O)N[C@@H](C)C(=O)Nc1cc(CO)cc(CO)c1)C(C)C.COC(=O)CCCCC(=O)N[C@H](C(=O)N[C@@H](C)C(=O)O)C(C)C.Nc1cc(CO)cc(CO)c1. The standard InChI is InChI=1S/C23H35N3O7.C15H26N2O6.C14H17NO3.C8H11NO2/c1-14(2)21(26-19(29)7-5-6-8-20(30)33-4)23(32)24-15(3)22(31)25-18-10-16(12-27)9-17(11-18)13-28;1-9(2)13(14(20)16-10(3)15(21)22)17-11(18)7-5-6-8-12(19)23-4;1-3-17-13-10-9-11-7-5-6-8-12(11)15(13)14(16)18-4-2;9-8-2-6(4-10)1-7(3-8)5-11/h9-11,14-15,21,27-28H,5-8,12-13H2,1-4H3,(H,24,32)(H,25,31)(H,26,29);9-10,13H,5-8H2,1-4H3,(H,16,20)(H,17,18)(H,21,22);5-10,13H,3-4H2,1-2H3;1-3,10-11H,4-5,9H2/t15-,21-;10-,13-;;/m00../s1. The number of methoxy groups -OCH3 is 2. The maximum atomic E-state index is 12.7. The summed E-state index contributed by atoms with van der Waals surface area (Å²) in [6.45, 7) is 13.9. The largest absolute Gasteiger partial charge is 0.480 e. The topological polar surface area (TPSA) is 381 Å². The number of para-hydroxylation sites is 1. The van der Waals surface area contributed by atoms with E-state index in [1.807, 2.05) is 43.3 Å². The highest BCUT2D eigenvalue weighted by Gasteiger charge is 2.31. The number of ether oxygens (including phenoxy) is 4. The van der Waals surface area contributed by atoms with Crippen molar-refractivity contribution in [3.8, 4) is 0 Å². The number of unbranched alkanes of at least 4 members (excludes halogenated alkanes) is 2. The van der Waals surface area contributed by atoms with Gasteiger partial charge in [0.2, 0.25) is 29.5 Å². The Labute approximate surface area is 497 Å². The van der Waals surface area contributed by atoms with Crippen molar-refractivity contribution in [1.82, 2.24) is 21.3 Å². The summed E-state index contributed by atoms with van der Waals surface area (Å²) >= 11 is 0. The van der Waals surface area contributed by atoms with Gasteiger partial charge in [-0.15, -0.1) is 0 Å². The van der Waals surface area contributed by atoms with Gasteiger partial charge in [-0.2, -0.15) is 0 Å². The summed E-state index contributed by atoms with van der Waals surface area (Å²) in [4.78, 5) is 108. The van der Waals surface area contributed by atoms with Crippen LogP contribution >= 0.6 is 0 Å². The summed E-state index contributed by atoms with van der Waals surface area (Å²) in [5, 5.41) is 57.8. The molecule has 0 aliphatic carbocycles. The number of aliphatic hydroxyl groups is 4. The van der Waals surface area contributed by atoms with Gasteiger partial charge in [0, 0.05) is 43.7 Å². The van der Waals surface area contributed by atoms with Gasteiger partial charge in [0.1, 0.15) is 24.2 Å². The van der Waals surface area contributed by atoms with Gasteiger partial charge < -0.3 is 76.8 Å². The number of nitrogens with two attached hydrogens (primary N) is 1. The number of nitrogens with one attached hydrogen (secondary N) is 5. The Morgan fingerprint density at radius 2 is 1.01 bits per heavy atom. The molecule has 0 saturated carbocycles. The van der Waals surface area contributed by atoms with E-state index in [0.29, 0.717) is 61.4 Å². The lowest BCUT2D eigenvalue weighted by atomic mass is 10.0. The Bertz CT molecular complexity index is 2600. The molecule has 4 rings (SSSR count). The van der Waals surface area contributed by atoms with Gasteiger partial charge in [-0.25, -0.2) is 9.69 Å². The highest BCUT2D eigenvalue weighted by Crippen LogP contribution is 2.30. The lowest BCUT2D eigenvalue weighted by Crippen LogP contribution is -2.53. The minimum atomic E-state index is -1.14. The van der Waals surface area contributed by atoms with Crippen LogP contribution in [0.4, 0.5) is 21.9 Å². The molecule has 1 heterocycles. The van der Waals surface area contributed by atoms with Gasteiger partial charge in [-0.1, -0.05) is 64.1 Å². The van der Waals surface area contributed by atoms with Crippen molar-refractivity contribution in [3.05, 3.63) is 94.6 Å². The first-order valence-corrected chi connectivity index (χ1v) is 28.0. The number of fused-ring (bicyclic) bond motifs is 1. The van der Waals surface area contributed by atoms with Crippen molar-refractivity contribution >= 4 is 76.7 Å². The fourth-order valence-electron chi connectivity index (χ4n) is 7.80. The molecular formula is C60H89N7O18. The second kappa shape index (κ2) is 41.1. The van der Waals surface area contributed by atoms with Crippen molar-refractivity contribution in [2.75, 3.05) is 43.4 Å². The summed E-state index contributed by atoms with van der Waals surface area (Å²) in [6, 6.07) is 14.0. The van der Waals surface area contributed by atoms with Crippen LogP contribution in [0.3, 0.4) is 0 Å². The zero-order chi connectivity index (χ0) is 64.2. The Morgan fingerprint density at radius 1 is 0.576 bits per heavy atom. The van der Waals surface area contributed by atoms with Gasteiger partial charge in [0.15, 0.2) is 6.23 Å². The minimum Gasteiger partial charge on any atom is -0.480 e. The number of anilines is 3. The lowest BCUT2D eigenvalue weighted by Gasteiger charge is -2.32. The number of carboxylic acid groups (broad SMARTS) is 1. The summed E-state index contributed by atoms with van der Waals surface area (Å²) in [5.41, 5.74) is 10.8. The average molecular weight is 1200 g/mol. The quantitative estimate of drug-likeness (QED) is 0.0202. The van der Waals surface area contributed by atoms with E-state index < -0.39 is 54.1 Å². The number of carboxylic acids is 1. The smallest absolute Gasteiger partial charge is 0.416 e. The maximum absolute atomic E-state index is 12.7. The predicted octanol–water partition coefficient (Wildman–Crippen LogP) is 4.73. The van der Waals surface area contributed by atoms with E-state index in [0.717, 1.165) is 22.4 Å². The molecule has 3 aromatic carbocycles. The number of esters is 2. The number of nitrogens with zero attached hydrogens (tertiary/aromatic N) is 1. The molecule has 25 nitrogen and oxygen atoms in total. The van der Waals surface area contributed by atoms with Crippen molar-refractivity contribution in [2.24, 2.45) is 11.8 Å². The van der Waals surface area contributed by atoms with E-state index in [-0.39, 0.29) is 93.8 Å². The second-order valence-electron chi connectivity index (χ2n) is 20.0. The van der Waals surface area contributed by atoms with Crippen LogP contribution in [0.5, 0.6) is 0 Å². The van der Waals surface area contributed by atoms with Crippen LogP contribution in [0.25, 0.3) is 6.08 Å². The molecule has 5 atom stereocenters. The van der Waals surface area contributed by atoms with E-state index in [4.69, 9.17) is 30.5 Å². The first-order valence-electron chi connectivity index (χ1n) is 28.0. The number of aliphatic carboxylic acids is 1. The van der Waals surface area contributed by atoms with Crippen LogP contribution in [0.2, 0.25) is 0 Å². The van der Waals surface area contributed by atoms with Crippen LogP contribution in [0.1, 0.15) is 135 Å². The first-order chi connectivity index (χ1) is 40.3. The number of hydrogen-bond donors (Lipinski definition) is 11. The third-order valence-electron chi connectivity index (χ3n) is 12.4. The van der Waals surface area contributed by atoms with Crippen molar-refractivity contribution in [2.45, 2.75) is 164 Å². The first kappa shape index (κ1) is 75.0. The van der Waals surface area contributed by atoms with Crippen LogP contribution in [0, 0.1) is 11.8 Å². The third-order valence-corrected chi connectivity index (χ3v) is 12.4. The Hall–Kier alpha value is -7.97. The molecule has 0 saturated heterocycles. The van der Waals surface area contributed by atoms with Crippen molar-refractivity contribution in [1.29, 1.82) is 0 Å². The molecule has 12 N–H and O–H groups in total. The highest BCUT2D eigenvalue weighted by molar-refractivity contribution is 5.98. The molecule has 472 valence electrons. The van der Waals surface area contributed by atoms with E-state index in [2.05, 4.69) is 36.1 Å². The molecule has 0 spiro atoms. The zero-order valence-corrected chi connectivity index (χ0v) is 50.4. The number of carbonyl (C=O) groups is 9. The van der Waals surface area contributed by atoms with Gasteiger partial charge >= 0.3 is 24.0 Å². The molecule has 1 aliphatic rings. The number of carbonyl (C=O) groups excluding carboxylic acids is 8. The van der Waals surface area contributed by atoms with Crippen LogP contribution < -0.4 is 37.2 Å². The molecule has 6 amide bonds. The lowest BCUT2D eigenvalue weighted by molar-refractivity contribution is -0.142. The summed E-state index contributed by atoms with van der Waals surface area (Å²) in [5.74, 6) is -4.34. The van der Waals surface area contributed by atoms with Crippen LogP contribution in [0.15, 0.2) is 66.7 Å². The highest BCUT2D eigenvalue weighted by atomic mass is 16.6. The van der Waals surface area contributed by atoms with Crippen LogP contribution in [-0.4, -0.2) is 137 Å². The minimum absolute atomic E-state index is 0.0436. The molecule has 0 bridgehead atoms. The molecule has 0 fully saturated rings. The van der Waals surface area contributed by atoms with E-state index >= 15 is 0 Å². The van der Waals surface area contributed by atoms with Gasteiger partial charge in [0.05, 0.1) is 52.9 Å². The van der Waals surface area contributed by atoms with Crippen molar-refractivity contribution < 1.29 is 87.6 Å². The number of amides is 6. The molecule has 3 aromatic rings. The van der Waals surface area contributed by atoms with Crippen LogP contribution in [-0.2, 0) is 83.7 Å². The molecule has 0 aromatic heterocycles. The fraction of sp³-hybridized carbons (Fsp3) is 0.517. The van der Waals surface area contributed by atoms with E-state index in [9.17, 15) is 53.4 Å². The van der Waals surface area contributed by atoms with Gasteiger partial charge in [-0.05, 0) is 129 Å². The number of rotatable bonds is 28. The molecule has 1 aliphatic heterocycles. The van der Waals surface area contributed by atoms with E-state index in [1.165, 1.54) is 28.1 Å². The maximum Gasteiger partial charge on any atom is 0.416 e. The average Bonchev–Trinajstić information content (AvgIpc) is 3.15. The number of hydrogen-bond acceptors (Lipinski definition) is 18. The van der Waals surface area contributed by atoms with Gasteiger partial charge in [0.25, 0.3) is 0 Å². The second-order valence-corrected chi connectivity index (χ2v) is 20.0. The summed E-state index contributed by atoms with van der Waals surface area (Å²) in [6.07, 6.45) is 5.87.